The largest absolute Gasteiger partial charge is 0.310 e. The highest BCUT2D eigenvalue weighted by atomic mass is 15.2. The van der Waals surface area contributed by atoms with Crippen LogP contribution in [-0.4, -0.2) is 15.0 Å². The van der Waals surface area contributed by atoms with Gasteiger partial charge in [0.05, 0.1) is 16.8 Å². The SMILES string of the molecule is c1ccc(-c2nc(-c3ccc(-c4ccc5c(c4)C4(c6ccccc6-c6ccccc64)c4ccccc4N5c4ccccc4)cc3)nc(-c3ccc4ccccc4c3)n2)cc1. The normalized spacial score (nSPS) is 13.1. The second kappa shape index (κ2) is 13.6. The zero-order valence-electron chi connectivity index (χ0n) is 32.6. The summed E-state index contributed by atoms with van der Waals surface area (Å²) in [6.07, 6.45) is 0. The van der Waals surface area contributed by atoms with Crippen LogP contribution < -0.4 is 4.90 Å². The van der Waals surface area contributed by atoms with Crippen molar-refractivity contribution in [3.8, 4) is 56.4 Å². The van der Waals surface area contributed by atoms with E-state index in [-0.39, 0.29) is 0 Å². The van der Waals surface area contributed by atoms with Crippen molar-refractivity contribution in [1.82, 2.24) is 15.0 Å². The lowest BCUT2D eigenvalue weighted by atomic mass is 9.64. The lowest BCUT2D eigenvalue weighted by Crippen LogP contribution is -2.36. The molecule has 2 aliphatic rings. The van der Waals surface area contributed by atoms with Gasteiger partial charge in [-0.05, 0) is 91.7 Å². The van der Waals surface area contributed by atoms with Crippen LogP contribution in [0.1, 0.15) is 22.3 Å². The molecular formula is C56H36N4. The third-order valence-corrected chi connectivity index (χ3v) is 12.3. The number of fused-ring (bicyclic) bond motifs is 10. The summed E-state index contributed by atoms with van der Waals surface area (Å²) >= 11 is 0. The molecule has 0 N–H and O–H groups in total. The van der Waals surface area contributed by atoms with Crippen molar-refractivity contribution in [3.05, 3.63) is 241 Å². The molecule has 1 aromatic heterocycles. The van der Waals surface area contributed by atoms with Gasteiger partial charge in [0.1, 0.15) is 0 Å². The molecule has 9 aromatic carbocycles. The Balaban J connectivity index is 1.02. The molecule has 0 unspecified atom stereocenters. The Morgan fingerprint density at radius 1 is 0.300 bits per heavy atom. The molecule has 1 spiro atoms. The summed E-state index contributed by atoms with van der Waals surface area (Å²) in [5, 5.41) is 2.33. The van der Waals surface area contributed by atoms with E-state index in [1.807, 2.05) is 30.3 Å². The molecule has 0 saturated heterocycles. The van der Waals surface area contributed by atoms with Crippen molar-refractivity contribution >= 4 is 27.8 Å². The standard InChI is InChI=1S/C56H36N4/c1-3-16-39(17-4-1)53-57-54(59-55(58-53)43-32-29-37-15-7-8-18-41(37)35-43)40-30-27-38(28-31-40)42-33-34-52-50(36-42)56(47-23-11-9-21-45(47)46-22-10-12-24-48(46)56)49-25-13-14-26-51(49)60(52)44-19-5-2-6-20-44/h1-36H. The van der Waals surface area contributed by atoms with Gasteiger partial charge in [-0.1, -0.05) is 182 Å². The fourth-order valence-corrected chi connectivity index (χ4v) is 9.63. The quantitative estimate of drug-likeness (QED) is 0.175. The molecule has 1 aliphatic carbocycles. The van der Waals surface area contributed by atoms with Gasteiger partial charge < -0.3 is 4.90 Å². The number of anilines is 3. The van der Waals surface area contributed by atoms with Gasteiger partial charge in [-0.2, -0.15) is 0 Å². The third kappa shape index (κ3) is 5.21. The van der Waals surface area contributed by atoms with Gasteiger partial charge in [0.15, 0.2) is 17.5 Å². The van der Waals surface area contributed by atoms with Crippen molar-refractivity contribution in [3.63, 3.8) is 0 Å². The molecule has 12 rings (SSSR count). The first-order valence-electron chi connectivity index (χ1n) is 20.4. The van der Waals surface area contributed by atoms with Crippen LogP contribution in [0.5, 0.6) is 0 Å². The summed E-state index contributed by atoms with van der Waals surface area (Å²) < 4.78 is 0. The molecule has 1 aliphatic heterocycles. The van der Waals surface area contributed by atoms with Crippen molar-refractivity contribution in [1.29, 1.82) is 0 Å². The lowest BCUT2D eigenvalue weighted by molar-refractivity contribution is 0.753. The summed E-state index contributed by atoms with van der Waals surface area (Å²) in [5.41, 5.74) is 15.8. The van der Waals surface area contributed by atoms with Gasteiger partial charge in [-0.15, -0.1) is 0 Å². The minimum Gasteiger partial charge on any atom is -0.310 e. The molecule has 0 fully saturated rings. The molecule has 4 heteroatoms. The van der Waals surface area contributed by atoms with E-state index in [2.05, 4.69) is 193 Å². The fraction of sp³-hybridized carbons (Fsp3) is 0.0179. The summed E-state index contributed by atoms with van der Waals surface area (Å²) in [6.45, 7) is 0. The number of nitrogens with zero attached hydrogens (tertiary/aromatic N) is 4. The van der Waals surface area contributed by atoms with E-state index in [9.17, 15) is 0 Å². The minimum atomic E-state index is -0.516. The summed E-state index contributed by atoms with van der Waals surface area (Å²) in [4.78, 5) is 17.6. The van der Waals surface area contributed by atoms with Gasteiger partial charge in [0.2, 0.25) is 0 Å². The summed E-state index contributed by atoms with van der Waals surface area (Å²) in [6, 6.07) is 78.3. The topological polar surface area (TPSA) is 41.9 Å². The van der Waals surface area contributed by atoms with E-state index in [4.69, 9.17) is 15.0 Å². The van der Waals surface area contributed by atoms with Crippen LogP contribution in [0.4, 0.5) is 17.1 Å². The number of aromatic nitrogens is 3. The van der Waals surface area contributed by atoms with Crippen molar-refractivity contribution < 1.29 is 0 Å². The van der Waals surface area contributed by atoms with Gasteiger partial charge in [-0.25, -0.2) is 15.0 Å². The smallest absolute Gasteiger partial charge is 0.164 e. The van der Waals surface area contributed by atoms with E-state index in [1.54, 1.807) is 0 Å². The second-order valence-corrected chi connectivity index (χ2v) is 15.6. The highest BCUT2D eigenvalue weighted by Gasteiger charge is 2.51. The van der Waals surface area contributed by atoms with Crippen molar-refractivity contribution in [2.24, 2.45) is 0 Å². The number of benzene rings is 9. The fourth-order valence-electron chi connectivity index (χ4n) is 9.63. The molecular weight excluding hydrogens is 729 g/mol. The highest BCUT2D eigenvalue weighted by molar-refractivity contribution is 5.96. The molecule has 4 nitrogen and oxygen atoms in total. The number of hydrogen-bond donors (Lipinski definition) is 0. The van der Waals surface area contributed by atoms with Crippen LogP contribution in [0, 0.1) is 0 Å². The average molecular weight is 765 g/mol. The van der Waals surface area contributed by atoms with E-state index >= 15 is 0 Å². The first-order valence-corrected chi connectivity index (χ1v) is 20.4. The van der Waals surface area contributed by atoms with Crippen LogP contribution in [-0.2, 0) is 5.41 Å². The summed E-state index contributed by atoms with van der Waals surface area (Å²) in [7, 11) is 0. The van der Waals surface area contributed by atoms with E-state index in [0.717, 1.165) is 38.9 Å². The Morgan fingerprint density at radius 2 is 0.783 bits per heavy atom. The zero-order chi connectivity index (χ0) is 39.6. The number of rotatable bonds is 5. The third-order valence-electron chi connectivity index (χ3n) is 12.3. The van der Waals surface area contributed by atoms with E-state index in [0.29, 0.717) is 17.5 Å². The molecule has 0 amide bonds. The Labute approximate surface area is 348 Å². The van der Waals surface area contributed by atoms with Crippen molar-refractivity contribution in [2.45, 2.75) is 5.41 Å². The maximum Gasteiger partial charge on any atom is 0.164 e. The summed E-state index contributed by atoms with van der Waals surface area (Å²) in [5.74, 6) is 1.93. The highest BCUT2D eigenvalue weighted by Crippen LogP contribution is 2.63. The zero-order valence-corrected chi connectivity index (χ0v) is 32.6. The lowest BCUT2D eigenvalue weighted by Gasteiger charge is -2.45. The molecule has 0 bridgehead atoms. The van der Waals surface area contributed by atoms with Crippen LogP contribution in [0.15, 0.2) is 218 Å². The molecule has 10 aromatic rings. The maximum absolute atomic E-state index is 5.09. The van der Waals surface area contributed by atoms with Crippen LogP contribution in [0.3, 0.4) is 0 Å². The minimum absolute atomic E-state index is 0.516. The molecule has 60 heavy (non-hydrogen) atoms. The Morgan fingerprint density at radius 3 is 1.48 bits per heavy atom. The van der Waals surface area contributed by atoms with E-state index in [1.165, 1.54) is 50.1 Å². The molecule has 0 radical (unpaired) electrons. The van der Waals surface area contributed by atoms with Gasteiger partial charge in [-0.3, -0.25) is 0 Å². The molecule has 2 heterocycles. The molecule has 0 saturated carbocycles. The van der Waals surface area contributed by atoms with Gasteiger partial charge >= 0.3 is 0 Å². The number of hydrogen-bond acceptors (Lipinski definition) is 4. The Kier molecular flexibility index (Phi) is 7.72. The van der Waals surface area contributed by atoms with Crippen LogP contribution >= 0.6 is 0 Å². The first kappa shape index (κ1) is 34.1. The number of para-hydroxylation sites is 2. The Bertz CT molecular complexity index is 3220. The van der Waals surface area contributed by atoms with E-state index < -0.39 is 5.41 Å². The maximum atomic E-state index is 5.09. The van der Waals surface area contributed by atoms with Gasteiger partial charge in [0.25, 0.3) is 0 Å². The predicted octanol–water partition coefficient (Wildman–Crippen LogP) is 13.8. The predicted molar refractivity (Wildman–Crippen MR) is 245 cm³/mol. The Hall–Kier alpha value is -7.95. The molecule has 0 atom stereocenters. The molecule has 280 valence electrons. The van der Waals surface area contributed by atoms with Crippen molar-refractivity contribution in [2.75, 3.05) is 4.90 Å². The van der Waals surface area contributed by atoms with Crippen LogP contribution in [0.25, 0.3) is 67.2 Å². The van der Waals surface area contributed by atoms with Gasteiger partial charge in [0, 0.05) is 22.4 Å². The first-order chi connectivity index (χ1) is 29.7. The second-order valence-electron chi connectivity index (χ2n) is 15.6. The average Bonchev–Trinajstić information content (AvgIpc) is 3.62. The van der Waals surface area contributed by atoms with Crippen LogP contribution in [0.2, 0.25) is 0 Å². The monoisotopic (exact) mass is 764 g/mol.